The monoisotopic (exact) mass is 345 g/mol. The fourth-order valence-electron chi connectivity index (χ4n) is 2.02. The van der Waals surface area contributed by atoms with E-state index in [2.05, 4.69) is 26.3 Å². The van der Waals surface area contributed by atoms with E-state index in [9.17, 15) is 4.79 Å². The van der Waals surface area contributed by atoms with Crippen LogP contribution in [0.4, 0.5) is 5.69 Å². The molecule has 1 fully saturated rings. The van der Waals surface area contributed by atoms with Crippen LogP contribution in [0.2, 0.25) is 0 Å². The minimum atomic E-state index is -0.148. The van der Waals surface area contributed by atoms with Crippen molar-refractivity contribution in [3.05, 3.63) is 21.0 Å². The topological polar surface area (TPSA) is 65.4 Å². The Balaban J connectivity index is 1.63. The standard InChI is InChI=1S/C13H20BrN3O3/c1-17-13(18)12(14)11(8-16-17)15-5-3-6-19-9-10-4-2-7-20-10/h8,10,15H,2-7,9H2,1H3. The minimum Gasteiger partial charge on any atom is -0.383 e. The Hall–Kier alpha value is -0.920. The summed E-state index contributed by atoms with van der Waals surface area (Å²) in [5.41, 5.74) is 0.567. The normalized spacial score (nSPS) is 18.4. The third kappa shape index (κ3) is 4.29. The Morgan fingerprint density at radius 3 is 3.25 bits per heavy atom. The lowest BCUT2D eigenvalue weighted by Crippen LogP contribution is -2.21. The number of halogens is 1. The van der Waals surface area contributed by atoms with E-state index in [-0.39, 0.29) is 11.7 Å². The van der Waals surface area contributed by atoms with Gasteiger partial charge < -0.3 is 14.8 Å². The van der Waals surface area contributed by atoms with Crippen LogP contribution in [-0.2, 0) is 16.5 Å². The highest BCUT2D eigenvalue weighted by Gasteiger charge is 2.14. The van der Waals surface area contributed by atoms with Crippen molar-refractivity contribution >= 4 is 21.6 Å². The zero-order valence-electron chi connectivity index (χ0n) is 11.6. The number of nitrogens with zero attached hydrogens (tertiary/aromatic N) is 2. The van der Waals surface area contributed by atoms with Crippen molar-refractivity contribution in [3.63, 3.8) is 0 Å². The second-order valence-electron chi connectivity index (χ2n) is 4.79. The Morgan fingerprint density at radius 1 is 1.65 bits per heavy atom. The number of hydrogen-bond acceptors (Lipinski definition) is 5. The third-order valence-corrected chi connectivity index (χ3v) is 3.95. The average Bonchev–Trinajstić information content (AvgIpc) is 2.95. The molecule has 0 radical (unpaired) electrons. The molecule has 20 heavy (non-hydrogen) atoms. The van der Waals surface area contributed by atoms with E-state index in [0.717, 1.165) is 32.4 Å². The van der Waals surface area contributed by atoms with Crippen LogP contribution >= 0.6 is 15.9 Å². The van der Waals surface area contributed by atoms with Crippen LogP contribution in [0.25, 0.3) is 0 Å². The molecule has 7 heteroatoms. The smallest absolute Gasteiger partial charge is 0.282 e. The lowest BCUT2D eigenvalue weighted by molar-refractivity contribution is 0.0172. The van der Waals surface area contributed by atoms with Crippen molar-refractivity contribution in [1.29, 1.82) is 0 Å². The van der Waals surface area contributed by atoms with Gasteiger partial charge in [0.05, 0.1) is 24.6 Å². The second kappa shape index (κ2) is 7.75. The van der Waals surface area contributed by atoms with Crippen LogP contribution in [0.3, 0.4) is 0 Å². The maximum absolute atomic E-state index is 11.6. The van der Waals surface area contributed by atoms with E-state index in [1.54, 1.807) is 13.2 Å². The summed E-state index contributed by atoms with van der Waals surface area (Å²) in [6.45, 7) is 2.96. The molecular weight excluding hydrogens is 326 g/mol. The van der Waals surface area contributed by atoms with Crippen LogP contribution in [0.5, 0.6) is 0 Å². The highest BCUT2D eigenvalue weighted by atomic mass is 79.9. The Bertz CT molecular complexity index is 486. The van der Waals surface area contributed by atoms with Gasteiger partial charge in [0.15, 0.2) is 0 Å². The molecule has 112 valence electrons. The van der Waals surface area contributed by atoms with Crippen molar-refractivity contribution < 1.29 is 9.47 Å². The summed E-state index contributed by atoms with van der Waals surface area (Å²) in [5, 5.41) is 7.15. The lowest BCUT2D eigenvalue weighted by atomic mass is 10.2. The quantitative estimate of drug-likeness (QED) is 0.759. The van der Waals surface area contributed by atoms with Gasteiger partial charge in [-0.25, -0.2) is 4.68 Å². The largest absolute Gasteiger partial charge is 0.383 e. The number of aryl methyl sites for hydroxylation is 1. The molecule has 1 unspecified atom stereocenters. The number of ether oxygens (including phenoxy) is 2. The first-order valence-corrected chi connectivity index (χ1v) is 7.63. The van der Waals surface area contributed by atoms with Gasteiger partial charge in [-0.1, -0.05) is 0 Å². The summed E-state index contributed by atoms with van der Waals surface area (Å²) in [6, 6.07) is 0. The molecule has 0 spiro atoms. The summed E-state index contributed by atoms with van der Waals surface area (Å²) in [7, 11) is 1.62. The zero-order chi connectivity index (χ0) is 14.4. The maximum atomic E-state index is 11.6. The van der Waals surface area contributed by atoms with Gasteiger partial charge in [0.1, 0.15) is 4.47 Å². The van der Waals surface area contributed by atoms with E-state index in [0.29, 0.717) is 23.4 Å². The van der Waals surface area contributed by atoms with Crippen LogP contribution < -0.4 is 10.9 Å². The van der Waals surface area contributed by atoms with Crippen molar-refractivity contribution in [2.24, 2.45) is 7.05 Å². The van der Waals surface area contributed by atoms with Crippen molar-refractivity contribution in [3.8, 4) is 0 Å². The Kier molecular flexibility index (Phi) is 6.00. The average molecular weight is 346 g/mol. The number of rotatable bonds is 7. The maximum Gasteiger partial charge on any atom is 0.282 e. The summed E-state index contributed by atoms with van der Waals surface area (Å²) in [6.07, 6.45) is 5.02. The summed E-state index contributed by atoms with van der Waals surface area (Å²) >= 11 is 3.27. The second-order valence-corrected chi connectivity index (χ2v) is 5.58. The molecule has 0 amide bonds. The van der Waals surface area contributed by atoms with E-state index in [1.165, 1.54) is 4.68 Å². The van der Waals surface area contributed by atoms with E-state index < -0.39 is 0 Å². The van der Waals surface area contributed by atoms with Crippen LogP contribution in [0.1, 0.15) is 19.3 Å². The highest BCUT2D eigenvalue weighted by molar-refractivity contribution is 9.10. The SMILES string of the molecule is Cn1ncc(NCCCOCC2CCCO2)c(Br)c1=O. The summed E-state index contributed by atoms with van der Waals surface area (Å²) in [5.74, 6) is 0. The van der Waals surface area contributed by atoms with E-state index >= 15 is 0 Å². The molecule has 1 atom stereocenters. The number of aromatic nitrogens is 2. The highest BCUT2D eigenvalue weighted by Crippen LogP contribution is 2.15. The van der Waals surface area contributed by atoms with Crippen molar-refractivity contribution in [2.45, 2.75) is 25.4 Å². The first-order valence-electron chi connectivity index (χ1n) is 6.83. The van der Waals surface area contributed by atoms with Crippen LogP contribution in [0, 0.1) is 0 Å². The molecule has 1 N–H and O–H groups in total. The van der Waals surface area contributed by atoms with E-state index in [1.807, 2.05) is 0 Å². The van der Waals surface area contributed by atoms with Gasteiger partial charge in [0, 0.05) is 26.8 Å². The van der Waals surface area contributed by atoms with E-state index in [4.69, 9.17) is 9.47 Å². The van der Waals surface area contributed by atoms with Gasteiger partial charge >= 0.3 is 0 Å². The molecule has 0 saturated carbocycles. The van der Waals surface area contributed by atoms with Gasteiger partial charge in [-0.3, -0.25) is 4.79 Å². The first-order chi connectivity index (χ1) is 9.68. The molecule has 2 rings (SSSR count). The molecule has 6 nitrogen and oxygen atoms in total. The van der Waals surface area contributed by atoms with Gasteiger partial charge in [0.2, 0.25) is 0 Å². The molecule has 0 bridgehead atoms. The lowest BCUT2D eigenvalue weighted by Gasteiger charge is -2.11. The fourth-order valence-corrected chi connectivity index (χ4v) is 2.52. The molecule has 1 aromatic heterocycles. The van der Waals surface area contributed by atoms with Crippen molar-refractivity contribution in [1.82, 2.24) is 9.78 Å². The zero-order valence-corrected chi connectivity index (χ0v) is 13.2. The molecule has 2 heterocycles. The van der Waals surface area contributed by atoms with Crippen LogP contribution in [-0.4, -0.2) is 42.2 Å². The predicted molar refractivity (Wildman–Crippen MR) is 80.1 cm³/mol. The van der Waals surface area contributed by atoms with Gasteiger partial charge in [-0.15, -0.1) is 0 Å². The van der Waals surface area contributed by atoms with Crippen molar-refractivity contribution in [2.75, 3.05) is 31.7 Å². The summed E-state index contributed by atoms with van der Waals surface area (Å²) < 4.78 is 12.8. The molecule has 1 aliphatic rings. The Morgan fingerprint density at radius 2 is 2.50 bits per heavy atom. The summed E-state index contributed by atoms with van der Waals surface area (Å²) in [4.78, 5) is 11.6. The molecule has 1 saturated heterocycles. The van der Waals surface area contributed by atoms with Crippen LogP contribution in [0.15, 0.2) is 15.5 Å². The molecule has 0 aliphatic carbocycles. The number of hydrogen-bond donors (Lipinski definition) is 1. The first kappa shape index (κ1) is 15.5. The molecule has 1 aromatic rings. The van der Waals surface area contributed by atoms with Gasteiger partial charge in [-0.05, 0) is 35.2 Å². The van der Waals surface area contributed by atoms with Gasteiger partial charge in [-0.2, -0.15) is 5.10 Å². The predicted octanol–water partition coefficient (Wildman–Crippen LogP) is 1.54. The molecule has 1 aliphatic heterocycles. The fraction of sp³-hybridized carbons (Fsp3) is 0.692. The third-order valence-electron chi connectivity index (χ3n) is 3.19. The molecular formula is C13H20BrN3O3. The number of anilines is 1. The Labute approximate surface area is 126 Å². The number of nitrogens with one attached hydrogen (secondary N) is 1. The minimum absolute atomic E-state index is 0.148. The molecule has 0 aromatic carbocycles. The van der Waals surface area contributed by atoms with Gasteiger partial charge in [0.25, 0.3) is 5.56 Å².